The molecule has 6 rings (SSSR count). The molecule has 2 N–H and O–H groups in total. The first-order valence-corrected chi connectivity index (χ1v) is 22.8. The van der Waals surface area contributed by atoms with Gasteiger partial charge in [-0.3, -0.25) is 19.3 Å². The number of nitrogens with zero attached hydrogens (tertiary/aromatic N) is 2. The summed E-state index contributed by atoms with van der Waals surface area (Å²) in [4.78, 5) is 41.7. The average Bonchev–Trinajstić information content (AvgIpc) is 3.42. The van der Waals surface area contributed by atoms with Crippen LogP contribution in [0.1, 0.15) is 132 Å². The van der Waals surface area contributed by atoms with E-state index in [0.29, 0.717) is 36.4 Å². The lowest BCUT2D eigenvalue weighted by Gasteiger charge is -2.72. The van der Waals surface area contributed by atoms with Gasteiger partial charge in [-0.15, -0.1) is 0 Å². The van der Waals surface area contributed by atoms with Crippen LogP contribution in [0.3, 0.4) is 0 Å². The van der Waals surface area contributed by atoms with E-state index in [1.807, 2.05) is 12.1 Å². The van der Waals surface area contributed by atoms with Crippen molar-refractivity contribution in [2.24, 2.45) is 56.2 Å². The molecule has 0 bridgehead atoms. The molecule has 9 heteroatoms. The van der Waals surface area contributed by atoms with E-state index in [9.17, 15) is 24.6 Å². The number of ketones is 1. The van der Waals surface area contributed by atoms with Gasteiger partial charge < -0.3 is 19.4 Å². The van der Waals surface area contributed by atoms with Crippen LogP contribution in [0.5, 0.6) is 0 Å². The van der Waals surface area contributed by atoms with Crippen LogP contribution in [0.25, 0.3) is 0 Å². The number of ether oxygens (including phenoxy) is 1. The zero-order chi connectivity index (χ0) is 43.0. The van der Waals surface area contributed by atoms with Gasteiger partial charge in [0.15, 0.2) is 5.78 Å². The number of benzene rings is 1. The number of esters is 1. The molecule has 0 unspecified atom stereocenters. The van der Waals surface area contributed by atoms with Crippen LogP contribution in [-0.2, 0) is 25.7 Å². The average molecular weight is 825 g/mol. The van der Waals surface area contributed by atoms with Gasteiger partial charge in [-0.2, -0.15) is 0 Å². The van der Waals surface area contributed by atoms with Crippen molar-refractivity contribution < 1.29 is 33.8 Å². The number of carboxylic acids is 1. The molecule has 5 aliphatic carbocycles. The maximum atomic E-state index is 14.4. The number of carboxylic acid groups (broad SMARTS) is 1. The number of carbonyl (C=O) groups excluding carboxylic acids is 2. The monoisotopic (exact) mass is 824 g/mol. The van der Waals surface area contributed by atoms with E-state index in [1.165, 1.54) is 11.1 Å². The van der Waals surface area contributed by atoms with Crippen LogP contribution in [0.4, 0.5) is 0 Å². The summed E-state index contributed by atoms with van der Waals surface area (Å²) in [5.41, 5.74) is 1.55. The molecule has 58 heavy (non-hydrogen) atoms. The Hall–Kier alpha value is -2.26. The molecule has 0 saturated heterocycles. The van der Waals surface area contributed by atoms with E-state index in [-0.39, 0.29) is 51.8 Å². The standard InChI is InChI=1S/C49H75ClN2O6/c1-31(2)41-35(53)27-49(38(54)30-51(25-26-52(10,11)12)29-32-13-15-33(50)16-14-32)24-23-47(8)34(42(41)49)17-18-37-46(7)21-20-39(58-40(55)28-44(3,4)43(56)57)45(5,6)36(46)19-22-48(37,47)9/h13-16,31,34,36-39,54H,17-30H2,1-12H3/p+1/t34-,36+,37-,38-,39+,46+,47-,48-,49+/m1/s1. The summed E-state index contributed by atoms with van der Waals surface area (Å²) in [6, 6.07) is 8.04. The Balaban J connectivity index is 1.29. The number of likely N-dealkylation sites (N-methyl/N-ethyl adjacent to an activating group) is 1. The Kier molecular flexibility index (Phi) is 12.2. The molecule has 324 valence electrons. The van der Waals surface area contributed by atoms with Crippen LogP contribution in [0.2, 0.25) is 5.02 Å². The third-order valence-electron chi connectivity index (χ3n) is 17.3. The Morgan fingerprint density at radius 1 is 0.931 bits per heavy atom. The second-order valence-corrected chi connectivity index (χ2v) is 23.4. The minimum Gasteiger partial charge on any atom is -0.481 e. The van der Waals surface area contributed by atoms with Crippen LogP contribution in [0.15, 0.2) is 35.4 Å². The van der Waals surface area contributed by atoms with Crippen molar-refractivity contribution in [2.75, 3.05) is 40.8 Å². The first kappa shape index (κ1) is 45.3. The van der Waals surface area contributed by atoms with Crippen molar-refractivity contribution in [1.82, 2.24) is 4.90 Å². The fourth-order valence-electron chi connectivity index (χ4n) is 13.9. The van der Waals surface area contributed by atoms with Gasteiger partial charge in [-0.1, -0.05) is 77.8 Å². The van der Waals surface area contributed by atoms with Gasteiger partial charge in [-0.25, -0.2) is 0 Å². The summed E-state index contributed by atoms with van der Waals surface area (Å²) in [5, 5.41) is 23.1. The first-order chi connectivity index (χ1) is 26.7. The molecule has 8 nitrogen and oxygen atoms in total. The number of aliphatic hydroxyl groups is 1. The Morgan fingerprint density at radius 2 is 1.59 bits per heavy atom. The predicted octanol–water partition coefficient (Wildman–Crippen LogP) is 9.60. The molecule has 4 fully saturated rings. The highest BCUT2D eigenvalue weighted by Gasteiger charge is 2.71. The molecule has 0 aliphatic heterocycles. The largest absolute Gasteiger partial charge is 0.481 e. The lowest BCUT2D eigenvalue weighted by atomic mass is 9.33. The van der Waals surface area contributed by atoms with Crippen LogP contribution >= 0.6 is 11.6 Å². The Labute approximate surface area is 355 Å². The molecular weight excluding hydrogens is 748 g/mol. The fraction of sp³-hybridized carbons (Fsp3) is 0.776. The van der Waals surface area contributed by atoms with Gasteiger partial charge in [0, 0.05) is 41.9 Å². The lowest BCUT2D eigenvalue weighted by Crippen LogP contribution is -2.66. The van der Waals surface area contributed by atoms with Crippen LogP contribution in [0, 0.1) is 56.2 Å². The highest BCUT2D eigenvalue weighted by atomic mass is 35.5. The number of aliphatic hydroxyl groups excluding tert-OH is 1. The highest BCUT2D eigenvalue weighted by molar-refractivity contribution is 6.30. The van der Waals surface area contributed by atoms with Gasteiger partial charge in [0.05, 0.1) is 45.6 Å². The molecule has 4 saturated carbocycles. The van der Waals surface area contributed by atoms with Gasteiger partial charge in [0.1, 0.15) is 6.10 Å². The summed E-state index contributed by atoms with van der Waals surface area (Å²) in [7, 11) is 6.63. The van der Waals surface area contributed by atoms with E-state index in [4.69, 9.17) is 16.3 Å². The van der Waals surface area contributed by atoms with Gasteiger partial charge >= 0.3 is 11.9 Å². The topological polar surface area (TPSA) is 104 Å². The second-order valence-electron chi connectivity index (χ2n) is 22.9. The number of quaternary nitrogens is 1. The van der Waals surface area contributed by atoms with E-state index < -0.39 is 28.9 Å². The van der Waals surface area contributed by atoms with E-state index >= 15 is 0 Å². The summed E-state index contributed by atoms with van der Waals surface area (Å²) in [6.45, 7) is 22.7. The lowest BCUT2D eigenvalue weighted by molar-refractivity contribution is -0.869. The van der Waals surface area contributed by atoms with E-state index in [1.54, 1.807) is 13.8 Å². The summed E-state index contributed by atoms with van der Waals surface area (Å²) >= 11 is 6.26. The first-order valence-electron chi connectivity index (χ1n) is 22.4. The molecule has 0 amide bonds. The summed E-state index contributed by atoms with van der Waals surface area (Å²) < 4.78 is 7.03. The van der Waals surface area contributed by atoms with Gasteiger partial charge in [0.2, 0.25) is 0 Å². The summed E-state index contributed by atoms with van der Waals surface area (Å²) in [5.74, 6) is 0.00462. The molecule has 0 heterocycles. The molecule has 0 aromatic heterocycles. The minimum atomic E-state index is -1.17. The molecule has 0 radical (unpaired) electrons. The second kappa shape index (κ2) is 15.6. The van der Waals surface area contributed by atoms with Crippen molar-refractivity contribution in [3.05, 3.63) is 46.0 Å². The Bertz CT molecular complexity index is 1780. The molecule has 1 aromatic rings. The van der Waals surface area contributed by atoms with Crippen molar-refractivity contribution in [3.63, 3.8) is 0 Å². The molecule has 9 atom stereocenters. The molecular formula is C49H76ClN2O6+. The zero-order valence-corrected chi connectivity index (χ0v) is 38.7. The smallest absolute Gasteiger partial charge is 0.309 e. The van der Waals surface area contributed by atoms with Crippen molar-refractivity contribution >= 4 is 29.3 Å². The van der Waals surface area contributed by atoms with E-state index in [2.05, 4.69) is 86.6 Å². The summed E-state index contributed by atoms with van der Waals surface area (Å²) in [6.07, 6.45) is 7.14. The minimum absolute atomic E-state index is 0.0320. The van der Waals surface area contributed by atoms with Crippen molar-refractivity contribution in [3.8, 4) is 0 Å². The third kappa shape index (κ3) is 7.77. The maximum absolute atomic E-state index is 14.4. The number of hydrogen-bond donors (Lipinski definition) is 2. The number of Topliss-reactive ketones (excluding diaryl/α,β-unsaturated/α-hetero) is 1. The van der Waals surface area contributed by atoms with E-state index in [0.717, 1.165) is 74.5 Å². The number of hydrogen-bond acceptors (Lipinski definition) is 6. The SMILES string of the molecule is CC(C)C1=C2[C@H]3CC[C@@H]4[C@@]5(C)CC[C@H](OC(=O)CC(C)(C)C(=O)O)C(C)(C)[C@@H]5CC[C@@]4(C)[C@]3(C)CC[C@@]2([C@H](O)CN(CC[N+](C)(C)C)Cc2ccc(Cl)cc2)CC1=O. The van der Waals surface area contributed by atoms with Crippen molar-refractivity contribution in [1.29, 1.82) is 0 Å². The van der Waals surface area contributed by atoms with Gasteiger partial charge in [-0.05, 0) is 128 Å². The van der Waals surface area contributed by atoms with Crippen LogP contribution < -0.4 is 0 Å². The van der Waals surface area contributed by atoms with Crippen LogP contribution in [-0.4, -0.2) is 90.3 Å². The fourth-order valence-corrected chi connectivity index (χ4v) is 14.0. The Morgan fingerprint density at radius 3 is 2.19 bits per heavy atom. The number of fused-ring (bicyclic) bond motifs is 7. The number of aliphatic carboxylic acids is 1. The number of allylic oxidation sites excluding steroid dienone is 1. The normalized spacial score (nSPS) is 35.3. The quantitative estimate of drug-likeness (QED) is 0.151. The third-order valence-corrected chi connectivity index (χ3v) is 17.6. The number of rotatable bonds is 13. The molecule has 0 spiro atoms. The predicted molar refractivity (Wildman–Crippen MR) is 231 cm³/mol. The maximum Gasteiger partial charge on any atom is 0.309 e. The highest BCUT2D eigenvalue weighted by Crippen LogP contribution is 2.77. The van der Waals surface area contributed by atoms with Gasteiger partial charge in [0.25, 0.3) is 0 Å². The molecule has 5 aliphatic rings. The zero-order valence-electron chi connectivity index (χ0n) is 38.0. The molecule has 1 aromatic carbocycles. The van der Waals surface area contributed by atoms with Crippen molar-refractivity contribution in [2.45, 2.75) is 145 Å². The number of carbonyl (C=O) groups is 3. The number of halogens is 1.